The topological polar surface area (TPSA) is 72.5 Å². The zero-order chi connectivity index (χ0) is 15.2. The Balaban J connectivity index is 2.11. The second-order valence-corrected chi connectivity index (χ2v) is 5.04. The number of aliphatic hydroxyl groups is 1. The van der Waals surface area contributed by atoms with Crippen LogP contribution in [0, 0.1) is 0 Å². The third kappa shape index (κ3) is 4.21. The maximum atomic E-state index is 11.3. The highest BCUT2D eigenvalue weighted by atomic mass is 35.5. The molecule has 0 radical (unpaired) electrons. The summed E-state index contributed by atoms with van der Waals surface area (Å²) in [7, 11) is 0. The molecule has 0 atom stereocenters. The molecule has 0 fully saturated rings. The molecule has 2 rings (SSSR count). The average Bonchev–Trinajstić information content (AvgIpc) is 2.50. The van der Waals surface area contributed by atoms with Gasteiger partial charge in [0.25, 0.3) is 0 Å². The van der Waals surface area contributed by atoms with Crippen molar-refractivity contribution in [1.29, 1.82) is 0 Å². The van der Waals surface area contributed by atoms with Crippen LogP contribution in [0.25, 0.3) is 0 Å². The van der Waals surface area contributed by atoms with Crippen LogP contribution in [0.2, 0.25) is 5.02 Å². The van der Waals surface area contributed by atoms with E-state index in [4.69, 9.17) is 27.2 Å². The van der Waals surface area contributed by atoms with Crippen molar-refractivity contribution in [2.75, 3.05) is 12.3 Å². The fourth-order valence-electron chi connectivity index (χ4n) is 1.88. The molecule has 0 heterocycles. The van der Waals surface area contributed by atoms with Crippen molar-refractivity contribution in [3.8, 4) is 5.75 Å². The molecule has 0 saturated carbocycles. The number of aliphatic hydroxyl groups excluding tert-OH is 1. The average molecular weight is 306 g/mol. The summed E-state index contributed by atoms with van der Waals surface area (Å²) in [5.41, 5.74) is 7.92. The first-order valence-electron chi connectivity index (χ1n) is 6.47. The fraction of sp³-hybridized carbons (Fsp3) is 0.188. The van der Waals surface area contributed by atoms with Crippen LogP contribution in [-0.4, -0.2) is 17.5 Å². The zero-order valence-electron chi connectivity index (χ0n) is 11.4. The Labute approximate surface area is 128 Å². The summed E-state index contributed by atoms with van der Waals surface area (Å²) in [4.78, 5) is 11.3. The summed E-state index contributed by atoms with van der Waals surface area (Å²) < 4.78 is 5.64. The normalized spacial score (nSPS) is 10.4. The smallest absolute Gasteiger partial charge is 0.162 e. The highest BCUT2D eigenvalue weighted by Crippen LogP contribution is 2.30. The van der Waals surface area contributed by atoms with Crippen molar-refractivity contribution in [1.82, 2.24) is 0 Å². The van der Waals surface area contributed by atoms with Crippen molar-refractivity contribution in [3.05, 3.63) is 58.6 Å². The van der Waals surface area contributed by atoms with Gasteiger partial charge in [-0.1, -0.05) is 41.9 Å². The van der Waals surface area contributed by atoms with E-state index in [2.05, 4.69) is 0 Å². The molecule has 0 unspecified atom stereocenters. The minimum atomic E-state index is -0.511. The van der Waals surface area contributed by atoms with Gasteiger partial charge in [0.15, 0.2) is 5.78 Å². The van der Waals surface area contributed by atoms with Crippen LogP contribution >= 0.6 is 11.6 Å². The number of carbonyl (C=O) groups is 1. The quantitative estimate of drug-likeness (QED) is 0.805. The van der Waals surface area contributed by atoms with E-state index in [1.807, 2.05) is 30.3 Å². The molecule has 3 N–H and O–H groups in total. The summed E-state index contributed by atoms with van der Waals surface area (Å²) in [5, 5.41) is 9.16. The van der Waals surface area contributed by atoms with E-state index < -0.39 is 6.61 Å². The number of nitrogen functional groups attached to an aromatic ring is 1. The second kappa shape index (κ2) is 7.11. The number of carbonyl (C=O) groups excluding carboxylic acids is 1. The Hall–Kier alpha value is -2.04. The van der Waals surface area contributed by atoms with Crippen molar-refractivity contribution < 1.29 is 14.6 Å². The highest BCUT2D eigenvalue weighted by molar-refractivity contribution is 6.32. The predicted octanol–water partition coefficient (Wildman–Crippen LogP) is 2.61. The lowest BCUT2D eigenvalue weighted by Gasteiger charge is -2.12. The second-order valence-electron chi connectivity index (χ2n) is 4.63. The molecule has 0 aliphatic heterocycles. The summed E-state index contributed by atoms with van der Waals surface area (Å²) >= 11 is 6.14. The van der Waals surface area contributed by atoms with Gasteiger partial charge in [-0.05, 0) is 17.2 Å². The monoisotopic (exact) mass is 305 g/mol. The molecule has 0 spiro atoms. The first-order chi connectivity index (χ1) is 10.1. The molecule has 110 valence electrons. The molecule has 0 aliphatic carbocycles. The van der Waals surface area contributed by atoms with Gasteiger partial charge in [0, 0.05) is 18.2 Å². The first-order valence-corrected chi connectivity index (χ1v) is 6.85. The third-order valence-corrected chi connectivity index (χ3v) is 3.29. The Kier molecular flexibility index (Phi) is 5.20. The number of halogens is 1. The minimum Gasteiger partial charge on any atom is -0.487 e. The van der Waals surface area contributed by atoms with Crippen molar-refractivity contribution >= 4 is 23.1 Å². The van der Waals surface area contributed by atoms with Crippen LogP contribution in [0.1, 0.15) is 11.1 Å². The number of hydrogen-bond donors (Lipinski definition) is 2. The SMILES string of the molecule is Nc1cc(OCc2ccccc2)c(Cl)cc1CC(=O)CO. The number of hydrogen-bond acceptors (Lipinski definition) is 4. The van der Waals surface area contributed by atoms with Gasteiger partial charge in [-0.2, -0.15) is 0 Å². The summed E-state index contributed by atoms with van der Waals surface area (Å²) in [5.74, 6) is 0.161. The molecular weight excluding hydrogens is 290 g/mol. The van der Waals surface area contributed by atoms with Crippen LogP contribution in [0.5, 0.6) is 5.75 Å². The molecule has 0 aliphatic rings. The Morgan fingerprint density at radius 3 is 2.62 bits per heavy atom. The molecular formula is C16H16ClNO3. The molecule has 2 aromatic rings. The van der Waals surface area contributed by atoms with Gasteiger partial charge >= 0.3 is 0 Å². The largest absolute Gasteiger partial charge is 0.487 e. The number of benzene rings is 2. The van der Waals surface area contributed by atoms with Gasteiger partial charge in [0.2, 0.25) is 0 Å². The fourth-order valence-corrected chi connectivity index (χ4v) is 2.12. The van der Waals surface area contributed by atoms with Gasteiger partial charge in [-0.3, -0.25) is 4.79 Å². The molecule has 0 aromatic heterocycles. The number of ether oxygens (including phenoxy) is 1. The lowest BCUT2D eigenvalue weighted by molar-refractivity contribution is -0.121. The van der Waals surface area contributed by atoms with E-state index in [1.54, 1.807) is 12.1 Å². The molecule has 4 nitrogen and oxygen atoms in total. The number of rotatable bonds is 6. The van der Waals surface area contributed by atoms with Gasteiger partial charge < -0.3 is 15.6 Å². The zero-order valence-corrected chi connectivity index (χ0v) is 12.1. The standard InChI is InChI=1S/C16H16ClNO3/c17-14-7-12(6-13(20)9-19)15(18)8-16(14)21-10-11-4-2-1-3-5-11/h1-5,7-8,19H,6,9-10,18H2. The summed E-state index contributed by atoms with van der Waals surface area (Å²) in [6, 6.07) is 12.9. The van der Waals surface area contributed by atoms with Crippen molar-refractivity contribution in [3.63, 3.8) is 0 Å². The number of anilines is 1. The number of nitrogens with two attached hydrogens (primary N) is 1. The molecule has 5 heteroatoms. The van der Waals surface area contributed by atoms with Gasteiger partial charge in [0.05, 0.1) is 5.02 Å². The van der Waals surface area contributed by atoms with Crippen LogP contribution in [0.4, 0.5) is 5.69 Å². The lowest BCUT2D eigenvalue weighted by atomic mass is 10.1. The minimum absolute atomic E-state index is 0.0566. The van der Waals surface area contributed by atoms with E-state index in [9.17, 15) is 4.79 Å². The molecule has 0 saturated heterocycles. The maximum absolute atomic E-state index is 11.3. The molecule has 2 aromatic carbocycles. The van der Waals surface area contributed by atoms with Crippen LogP contribution in [-0.2, 0) is 17.8 Å². The third-order valence-electron chi connectivity index (χ3n) is 2.99. The van der Waals surface area contributed by atoms with Gasteiger partial charge in [-0.15, -0.1) is 0 Å². The van der Waals surface area contributed by atoms with Crippen molar-refractivity contribution in [2.24, 2.45) is 0 Å². The Morgan fingerprint density at radius 1 is 1.24 bits per heavy atom. The summed E-state index contributed by atoms with van der Waals surface area (Å²) in [6.07, 6.45) is 0.0566. The Morgan fingerprint density at radius 2 is 1.95 bits per heavy atom. The number of Topliss-reactive ketones (excluding diaryl/α,β-unsaturated/α-hetero) is 1. The summed E-state index contributed by atoms with van der Waals surface area (Å²) in [6.45, 7) is -0.127. The number of ketones is 1. The Bertz CT molecular complexity index is 629. The molecule has 21 heavy (non-hydrogen) atoms. The van der Waals surface area contributed by atoms with Gasteiger partial charge in [-0.25, -0.2) is 0 Å². The van der Waals surface area contributed by atoms with Gasteiger partial charge in [0.1, 0.15) is 19.0 Å². The lowest BCUT2D eigenvalue weighted by Crippen LogP contribution is -2.09. The van der Waals surface area contributed by atoms with E-state index >= 15 is 0 Å². The van der Waals surface area contributed by atoms with E-state index in [-0.39, 0.29) is 12.2 Å². The van der Waals surface area contributed by atoms with Crippen LogP contribution in [0.15, 0.2) is 42.5 Å². The van der Waals surface area contributed by atoms with E-state index in [1.165, 1.54) is 0 Å². The molecule has 0 bridgehead atoms. The van der Waals surface area contributed by atoms with Crippen LogP contribution in [0.3, 0.4) is 0 Å². The van der Waals surface area contributed by atoms with E-state index in [0.29, 0.717) is 28.6 Å². The highest BCUT2D eigenvalue weighted by Gasteiger charge is 2.11. The van der Waals surface area contributed by atoms with Crippen LogP contribution < -0.4 is 10.5 Å². The molecule has 0 amide bonds. The van der Waals surface area contributed by atoms with Crippen molar-refractivity contribution in [2.45, 2.75) is 13.0 Å². The van der Waals surface area contributed by atoms with E-state index in [0.717, 1.165) is 5.56 Å². The first kappa shape index (κ1) is 15.4. The maximum Gasteiger partial charge on any atom is 0.162 e. The predicted molar refractivity (Wildman–Crippen MR) is 82.4 cm³/mol.